The summed E-state index contributed by atoms with van der Waals surface area (Å²) in [6.45, 7) is 2.66. The van der Waals surface area contributed by atoms with Crippen molar-refractivity contribution in [3.8, 4) is 11.3 Å². The van der Waals surface area contributed by atoms with E-state index < -0.39 is 17.5 Å². The van der Waals surface area contributed by atoms with Crippen LogP contribution < -0.4 is 5.32 Å². The first-order valence-corrected chi connectivity index (χ1v) is 10.5. The van der Waals surface area contributed by atoms with Gasteiger partial charge >= 0.3 is 0 Å². The predicted molar refractivity (Wildman–Crippen MR) is 110 cm³/mol. The van der Waals surface area contributed by atoms with Crippen molar-refractivity contribution in [3.63, 3.8) is 0 Å². The topological polar surface area (TPSA) is 53.9 Å². The number of hydrogen-bond acceptors (Lipinski definition) is 5. The van der Waals surface area contributed by atoms with E-state index in [2.05, 4.69) is 25.4 Å². The second-order valence-electron chi connectivity index (χ2n) is 8.55. The van der Waals surface area contributed by atoms with Gasteiger partial charge in [-0.2, -0.15) is 0 Å². The van der Waals surface area contributed by atoms with Gasteiger partial charge in [0.25, 0.3) is 0 Å². The molecule has 0 bridgehead atoms. The van der Waals surface area contributed by atoms with Gasteiger partial charge < -0.3 is 5.32 Å². The Hall–Kier alpha value is -3.07. The molecule has 2 fully saturated rings. The Labute approximate surface area is 182 Å². The average molecular weight is 443 g/mol. The van der Waals surface area contributed by atoms with Crippen molar-refractivity contribution < 1.29 is 17.6 Å². The van der Waals surface area contributed by atoms with Crippen molar-refractivity contribution in [1.82, 2.24) is 20.1 Å². The second-order valence-corrected chi connectivity index (χ2v) is 8.55. The third-order valence-corrected chi connectivity index (χ3v) is 6.29. The lowest BCUT2D eigenvalue weighted by molar-refractivity contribution is 0.297. The van der Waals surface area contributed by atoms with E-state index in [0.29, 0.717) is 23.7 Å². The highest BCUT2D eigenvalue weighted by atomic mass is 19.2. The van der Waals surface area contributed by atoms with E-state index in [4.69, 9.17) is 0 Å². The van der Waals surface area contributed by atoms with Crippen molar-refractivity contribution in [2.75, 3.05) is 18.4 Å². The van der Waals surface area contributed by atoms with E-state index in [9.17, 15) is 17.6 Å². The molecule has 2 aliphatic rings. The molecule has 3 heterocycles. The van der Waals surface area contributed by atoms with Crippen molar-refractivity contribution in [1.29, 1.82) is 0 Å². The number of halogens is 4. The summed E-state index contributed by atoms with van der Waals surface area (Å²) in [5, 5.41) is 11.4. The Morgan fingerprint density at radius 2 is 1.69 bits per heavy atom. The monoisotopic (exact) mass is 443 g/mol. The van der Waals surface area contributed by atoms with Crippen LogP contribution in [-0.2, 0) is 6.54 Å². The number of hydrogen-bond donors (Lipinski definition) is 1. The molecule has 1 aromatic carbocycles. The molecule has 1 saturated carbocycles. The SMILES string of the molecule is Fc1ccc(CN2C[C@H]3C[C@H](Nc4ccc(-c5cc(F)cc(F)c5F)nn4)C[C@H]3C2)nc1. The lowest BCUT2D eigenvalue weighted by Crippen LogP contribution is -2.25. The Balaban J connectivity index is 1.17. The Morgan fingerprint density at radius 3 is 2.34 bits per heavy atom. The van der Waals surface area contributed by atoms with Gasteiger partial charge in [0.1, 0.15) is 17.5 Å². The molecule has 3 aromatic rings. The Bertz CT molecular complexity index is 1090. The van der Waals surface area contributed by atoms with Crippen molar-refractivity contribution >= 4 is 5.82 Å². The van der Waals surface area contributed by atoms with Crippen LogP contribution in [0.1, 0.15) is 18.5 Å². The molecule has 1 N–H and O–H groups in total. The van der Waals surface area contributed by atoms with Crippen LogP contribution in [0.15, 0.2) is 42.6 Å². The van der Waals surface area contributed by atoms with Crippen LogP contribution in [0.5, 0.6) is 0 Å². The zero-order chi connectivity index (χ0) is 22.2. The van der Waals surface area contributed by atoms with Crippen LogP contribution in [0, 0.1) is 35.1 Å². The van der Waals surface area contributed by atoms with Gasteiger partial charge in [-0.1, -0.05) is 0 Å². The van der Waals surface area contributed by atoms with Gasteiger partial charge in [0.15, 0.2) is 11.6 Å². The van der Waals surface area contributed by atoms with E-state index in [1.165, 1.54) is 18.3 Å². The number of rotatable bonds is 5. The summed E-state index contributed by atoms with van der Waals surface area (Å²) in [4.78, 5) is 6.50. The number of nitrogens with one attached hydrogen (secondary N) is 1. The van der Waals surface area contributed by atoms with Crippen LogP contribution in [0.25, 0.3) is 11.3 Å². The quantitative estimate of drug-likeness (QED) is 0.468. The van der Waals surface area contributed by atoms with E-state index in [1.807, 2.05) is 0 Å². The van der Waals surface area contributed by atoms with Gasteiger partial charge in [0.05, 0.1) is 17.6 Å². The maximum Gasteiger partial charge on any atom is 0.168 e. The largest absolute Gasteiger partial charge is 0.366 e. The molecule has 0 unspecified atom stereocenters. The molecule has 0 amide bonds. The fourth-order valence-corrected chi connectivity index (χ4v) is 4.88. The van der Waals surface area contributed by atoms with Gasteiger partial charge in [-0.25, -0.2) is 17.6 Å². The summed E-state index contributed by atoms with van der Waals surface area (Å²) >= 11 is 0. The lowest BCUT2D eigenvalue weighted by atomic mass is 10.0. The molecule has 1 aliphatic carbocycles. The average Bonchev–Trinajstić information content (AvgIpc) is 3.31. The molecule has 5 rings (SSSR count). The molecule has 0 spiro atoms. The normalized spacial score (nSPS) is 22.8. The molecule has 0 radical (unpaired) electrons. The summed E-state index contributed by atoms with van der Waals surface area (Å²) in [6.07, 6.45) is 3.23. The molecule has 2 aromatic heterocycles. The molecule has 1 saturated heterocycles. The number of nitrogens with zero attached hydrogens (tertiary/aromatic N) is 4. The second kappa shape index (κ2) is 8.46. The fraction of sp³-hybridized carbons (Fsp3) is 0.348. The molecular formula is C23H21F4N5. The van der Waals surface area contributed by atoms with E-state index in [-0.39, 0.29) is 23.1 Å². The van der Waals surface area contributed by atoms with Gasteiger partial charge in [0, 0.05) is 37.3 Å². The molecule has 3 atom stereocenters. The number of fused-ring (bicyclic) bond motifs is 1. The molecule has 5 nitrogen and oxygen atoms in total. The summed E-state index contributed by atoms with van der Waals surface area (Å²) < 4.78 is 53.9. The molecular weight excluding hydrogens is 422 g/mol. The first-order valence-electron chi connectivity index (χ1n) is 10.5. The molecule has 32 heavy (non-hydrogen) atoms. The number of anilines is 1. The molecule has 9 heteroatoms. The van der Waals surface area contributed by atoms with Gasteiger partial charge in [0.2, 0.25) is 0 Å². The Morgan fingerprint density at radius 1 is 0.906 bits per heavy atom. The van der Waals surface area contributed by atoms with Crippen LogP contribution in [0.2, 0.25) is 0 Å². The van der Waals surface area contributed by atoms with Crippen molar-refractivity contribution in [2.45, 2.75) is 25.4 Å². The van der Waals surface area contributed by atoms with Crippen LogP contribution in [0.4, 0.5) is 23.4 Å². The minimum atomic E-state index is -1.26. The van der Waals surface area contributed by atoms with E-state index in [1.54, 1.807) is 12.1 Å². The number of aromatic nitrogens is 3. The van der Waals surface area contributed by atoms with Crippen molar-refractivity contribution in [2.24, 2.45) is 11.8 Å². The van der Waals surface area contributed by atoms with Gasteiger partial charge in [-0.05, 0) is 55.0 Å². The first-order chi connectivity index (χ1) is 15.4. The highest BCUT2D eigenvalue weighted by Crippen LogP contribution is 2.39. The summed E-state index contributed by atoms with van der Waals surface area (Å²) in [5.74, 6) is -1.94. The van der Waals surface area contributed by atoms with Gasteiger partial charge in [-0.3, -0.25) is 9.88 Å². The van der Waals surface area contributed by atoms with E-state index >= 15 is 0 Å². The van der Waals surface area contributed by atoms with Gasteiger partial charge in [-0.15, -0.1) is 10.2 Å². The highest BCUT2D eigenvalue weighted by Gasteiger charge is 2.40. The highest BCUT2D eigenvalue weighted by molar-refractivity contribution is 5.60. The zero-order valence-corrected chi connectivity index (χ0v) is 17.1. The lowest BCUT2D eigenvalue weighted by Gasteiger charge is -2.19. The fourth-order valence-electron chi connectivity index (χ4n) is 4.88. The third kappa shape index (κ3) is 4.29. The van der Waals surface area contributed by atoms with E-state index in [0.717, 1.165) is 44.2 Å². The van der Waals surface area contributed by atoms with Crippen LogP contribution >= 0.6 is 0 Å². The smallest absolute Gasteiger partial charge is 0.168 e. The number of benzene rings is 1. The minimum Gasteiger partial charge on any atom is -0.366 e. The number of pyridine rings is 1. The predicted octanol–water partition coefficient (Wildman–Crippen LogP) is 4.42. The summed E-state index contributed by atoms with van der Waals surface area (Å²) in [7, 11) is 0. The van der Waals surface area contributed by atoms with Crippen LogP contribution in [-0.4, -0.2) is 39.2 Å². The first kappa shape index (κ1) is 20.8. The maximum absolute atomic E-state index is 14.0. The minimum absolute atomic E-state index is 0.0692. The number of likely N-dealkylation sites (tertiary alicyclic amines) is 1. The zero-order valence-electron chi connectivity index (χ0n) is 17.1. The third-order valence-electron chi connectivity index (χ3n) is 6.29. The standard InChI is InChI=1S/C23H21F4N5/c24-15-1-2-17(28-9-15)12-32-10-13-5-18(6-14(13)11-32)29-22-4-3-21(30-31-22)19-7-16(25)8-20(26)23(19)27/h1-4,7-9,13-14,18H,5-6,10-12H2,(H,29,31)/t13-,14+,18+. The molecule has 1 aliphatic heterocycles. The molecule has 166 valence electrons. The summed E-state index contributed by atoms with van der Waals surface area (Å²) in [5.41, 5.74) is 0.679. The Kier molecular flexibility index (Phi) is 5.50. The maximum atomic E-state index is 14.0. The summed E-state index contributed by atoms with van der Waals surface area (Å²) in [6, 6.07) is 7.95. The van der Waals surface area contributed by atoms with Crippen LogP contribution in [0.3, 0.4) is 0 Å². The van der Waals surface area contributed by atoms with Crippen molar-refractivity contribution in [3.05, 3.63) is 71.6 Å².